The van der Waals surface area contributed by atoms with Gasteiger partial charge in [0.15, 0.2) is 0 Å². The Balaban J connectivity index is 0.000000821. The molecule has 4 heterocycles. The van der Waals surface area contributed by atoms with E-state index in [1.807, 2.05) is 19.1 Å². The Bertz CT molecular complexity index is 854. The Labute approximate surface area is 196 Å². The van der Waals surface area contributed by atoms with Crippen molar-refractivity contribution in [3.05, 3.63) is 29.6 Å². The highest BCUT2D eigenvalue weighted by Crippen LogP contribution is 2.44. The maximum Gasteiger partial charge on any atom is 0.290 e. The molecular formula is C26H37N3O4. The molecule has 2 amide bonds. The molecule has 3 saturated heterocycles. The standard InChI is InChI=1S/C25H35N3O2.CH2O2/c1-17-7-6-12-26-24(17)25(30)27-15-19-14-20(16-27)22(13-18-8-3-2-4-9-18)28-21(19)10-5-11-23(28)29;2-1-3/h6-7,12,18-22H,2-5,8-11,13-16H2,1H3;1H,(H,2,3)/t19-,20+,21+,22+;/m1./s1. The van der Waals surface area contributed by atoms with E-state index in [9.17, 15) is 9.59 Å². The van der Waals surface area contributed by atoms with Crippen molar-refractivity contribution in [2.24, 2.45) is 17.8 Å². The van der Waals surface area contributed by atoms with Gasteiger partial charge in [-0.15, -0.1) is 0 Å². The van der Waals surface area contributed by atoms with Crippen molar-refractivity contribution >= 4 is 18.3 Å². The van der Waals surface area contributed by atoms with Gasteiger partial charge in [0, 0.05) is 37.8 Å². The molecule has 0 spiro atoms. The van der Waals surface area contributed by atoms with Crippen LogP contribution in [0.2, 0.25) is 0 Å². The first kappa shape index (κ1) is 23.7. The number of aromatic nitrogens is 1. The molecule has 180 valence electrons. The third-order valence-electron chi connectivity index (χ3n) is 8.30. The van der Waals surface area contributed by atoms with Gasteiger partial charge in [0.2, 0.25) is 5.91 Å². The summed E-state index contributed by atoms with van der Waals surface area (Å²) in [5.74, 6) is 2.04. The first-order valence-corrected chi connectivity index (χ1v) is 12.6. The van der Waals surface area contributed by atoms with Gasteiger partial charge in [0.05, 0.1) is 0 Å². The van der Waals surface area contributed by atoms with E-state index in [0.717, 1.165) is 43.8 Å². The molecule has 1 aromatic heterocycles. The number of aryl methyl sites for hydroxylation is 1. The smallest absolute Gasteiger partial charge is 0.290 e. The molecule has 0 aromatic carbocycles. The monoisotopic (exact) mass is 455 g/mol. The summed E-state index contributed by atoms with van der Waals surface area (Å²) in [5, 5.41) is 6.89. The van der Waals surface area contributed by atoms with Gasteiger partial charge in [-0.25, -0.2) is 0 Å². The number of rotatable bonds is 3. The number of carboxylic acid groups (broad SMARTS) is 1. The van der Waals surface area contributed by atoms with Crippen molar-refractivity contribution < 1.29 is 19.5 Å². The van der Waals surface area contributed by atoms with Gasteiger partial charge >= 0.3 is 0 Å². The highest BCUT2D eigenvalue weighted by atomic mass is 16.3. The molecule has 33 heavy (non-hydrogen) atoms. The number of piperidine rings is 3. The molecule has 5 rings (SSSR count). The van der Waals surface area contributed by atoms with Crippen LogP contribution in [0.5, 0.6) is 0 Å². The number of pyridine rings is 1. The summed E-state index contributed by atoms with van der Waals surface area (Å²) in [6.07, 6.45) is 13.5. The molecule has 7 nitrogen and oxygen atoms in total. The number of carbonyl (C=O) groups excluding carboxylic acids is 2. The zero-order chi connectivity index (χ0) is 23.4. The predicted molar refractivity (Wildman–Crippen MR) is 125 cm³/mol. The minimum absolute atomic E-state index is 0.0785. The number of likely N-dealkylation sites (tertiary alicyclic amines) is 1. The van der Waals surface area contributed by atoms with Crippen LogP contribution in [0, 0.1) is 24.7 Å². The summed E-state index contributed by atoms with van der Waals surface area (Å²) in [4.78, 5) is 43.5. The second-order valence-corrected chi connectivity index (χ2v) is 10.3. The second kappa shape index (κ2) is 10.7. The summed E-state index contributed by atoms with van der Waals surface area (Å²) in [6.45, 7) is 3.27. The minimum Gasteiger partial charge on any atom is -0.483 e. The lowest BCUT2D eigenvalue weighted by Gasteiger charge is -2.57. The van der Waals surface area contributed by atoms with Crippen LogP contribution >= 0.6 is 0 Å². The van der Waals surface area contributed by atoms with Gasteiger partial charge in [0.25, 0.3) is 12.4 Å². The summed E-state index contributed by atoms with van der Waals surface area (Å²) >= 11 is 0. The van der Waals surface area contributed by atoms with E-state index in [2.05, 4.69) is 14.8 Å². The fourth-order valence-electron chi connectivity index (χ4n) is 6.87. The van der Waals surface area contributed by atoms with Gasteiger partial charge < -0.3 is 14.9 Å². The lowest BCUT2D eigenvalue weighted by atomic mass is 9.69. The zero-order valence-corrected chi connectivity index (χ0v) is 19.7. The molecule has 4 fully saturated rings. The van der Waals surface area contributed by atoms with E-state index in [1.54, 1.807) is 6.20 Å². The molecule has 2 bridgehead atoms. The van der Waals surface area contributed by atoms with Crippen LogP contribution in [0.3, 0.4) is 0 Å². The van der Waals surface area contributed by atoms with Crippen LogP contribution < -0.4 is 0 Å². The first-order chi connectivity index (χ1) is 16.0. The Kier molecular flexibility index (Phi) is 7.66. The van der Waals surface area contributed by atoms with E-state index >= 15 is 0 Å². The number of hydrogen-bond acceptors (Lipinski definition) is 4. The molecule has 7 heteroatoms. The predicted octanol–water partition coefficient (Wildman–Crippen LogP) is 3.90. The molecule has 1 aromatic rings. The van der Waals surface area contributed by atoms with Crippen LogP contribution in [0.15, 0.2) is 18.3 Å². The van der Waals surface area contributed by atoms with Crippen molar-refractivity contribution in [1.82, 2.24) is 14.8 Å². The van der Waals surface area contributed by atoms with Crippen LogP contribution in [0.1, 0.15) is 80.3 Å². The average molecular weight is 456 g/mol. The summed E-state index contributed by atoms with van der Waals surface area (Å²) in [5.41, 5.74) is 1.55. The molecule has 1 saturated carbocycles. The van der Waals surface area contributed by atoms with Crippen molar-refractivity contribution in [2.45, 2.75) is 83.2 Å². The number of carbonyl (C=O) groups is 3. The highest BCUT2D eigenvalue weighted by molar-refractivity contribution is 5.93. The van der Waals surface area contributed by atoms with E-state index in [-0.39, 0.29) is 12.4 Å². The Hall–Kier alpha value is -2.44. The Morgan fingerprint density at radius 3 is 2.61 bits per heavy atom. The Morgan fingerprint density at radius 1 is 1.15 bits per heavy atom. The molecule has 0 unspecified atom stereocenters. The van der Waals surface area contributed by atoms with E-state index in [1.165, 1.54) is 38.5 Å². The average Bonchev–Trinajstić information content (AvgIpc) is 2.83. The van der Waals surface area contributed by atoms with Gasteiger partial charge in [-0.2, -0.15) is 0 Å². The Morgan fingerprint density at radius 2 is 1.88 bits per heavy atom. The van der Waals surface area contributed by atoms with Crippen molar-refractivity contribution in [1.29, 1.82) is 0 Å². The number of amides is 2. The summed E-state index contributed by atoms with van der Waals surface area (Å²) < 4.78 is 0. The lowest BCUT2D eigenvalue weighted by molar-refractivity contribution is -0.153. The number of hydrogen-bond donors (Lipinski definition) is 1. The molecular weight excluding hydrogens is 418 g/mol. The second-order valence-electron chi connectivity index (χ2n) is 10.3. The maximum absolute atomic E-state index is 13.4. The molecule has 1 aliphatic carbocycles. The molecule has 1 N–H and O–H groups in total. The first-order valence-electron chi connectivity index (χ1n) is 12.6. The minimum atomic E-state index is -0.250. The van der Waals surface area contributed by atoms with Crippen molar-refractivity contribution in [3.8, 4) is 0 Å². The number of fused-ring (bicyclic) bond motifs is 4. The van der Waals surface area contributed by atoms with Crippen molar-refractivity contribution in [2.75, 3.05) is 13.1 Å². The topological polar surface area (TPSA) is 90.8 Å². The lowest BCUT2D eigenvalue weighted by Crippen LogP contribution is -2.65. The molecule has 4 atom stereocenters. The third-order valence-corrected chi connectivity index (χ3v) is 8.30. The van der Waals surface area contributed by atoms with Gasteiger partial charge in [-0.3, -0.25) is 19.4 Å². The SMILES string of the molecule is Cc1cccnc1C(=O)N1C[C@H]2C[C@@H](C1)[C@H](CC1CCCCC1)N1C(=O)CCC[C@@H]21.O=CO. The van der Waals surface area contributed by atoms with Crippen LogP contribution in [0.4, 0.5) is 0 Å². The van der Waals surface area contributed by atoms with Crippen LogP contribution in [-0.2, 0) is 9.59 Å². The highest BCUT2D eigenvalue weighted by Gasteiger charge is 2.50. The van der Waals surface area contributed by atoms with Gasteiger partial charge in [-0.05, 0) is 62.0 Å². The third kappa shape index (κ3) is 5.07. The van der Waals surface area contributed by atoms with Gasteiger partial charge in [-0.1, -0.05) is 38.2 Å². The summed E-state index contributed by atoms with van der Waals surface area (Å²) in [7, 11) is 0. The van der Waals surface area contributed by atoms with Gasteiger partial charge in [0.1, 0.15) is 5.69 Å². The van der Waals surface area contributed by atoms with E-state index in [0.29, 0.717) is 41.9 Å². The fraction of sp³-hybridized carbons (Fsp3) is 0.692. The fourth-order valence-corrected chi connectivity index (χ4v) is 6.87. The molecule has 3 aliphatic heterocycles. The van der Waals surface area contributed by atoms with Crippen LogP contribution in [-0.4, -0.2) is 63.4 Å². The quantitative estimate of drug-likeness (QED) is 0.698. The normalized spacial score (nSPS) is 29.5. The van der Waals surface area contributed by atoms with E-state index < -0.39 is 0 Å². The largest absolute Gasteiger partial charge is 0.483 e. The van der Waals surface area contributed by atoms with Crippen LogP contribution in [0.25, 0.3) is 0 Å². The zero-order valence-electron chi connectivity index (χ0n) is 19.7. The summed E-state index contributed by atoms with van der Waals surface area (Å²) in [6, 6.07) is 4.51. The molecule has 0 radical (unpaired) electrons. The van der Waals surface area contributed by atoms with Crippen molar-refractivity contribution in [3.63, 3.8) is 0 Å². The maximum atomic E-state index is 13.4. The van der Waals surface area contributed by atoms with E-state index in [4.69, 9.17) is 9.90 Å². The number of nitrogens with zero attached hydrogens (tertiary/aromatic N) is 3. The molecule has 4 aliphatic rings.